The van der Waals surface area contributed by atoms with Crippen molar-refractivity contribution >= 4 is 22.7 Å². The minimum atomic E-state index is -0.664. The predicted octanol–water partition coefficient (Wildman–Crippen LogP) is 4.14. The number of fused-ring (bicyclic) bond motifs is 4. The molecule has 4 aromatic rings. The van der Waals surface area contributed by atoms with Gasteiger partial charge in [-0.15, -0.1) is 0 Å². The third-order valence-corrected chi connectivity index (χ3v) is 8.46. The largest absolute Gasteiger partial charge is 0.493 e. The molecule has 2 atom stereocenters. The molecule has 1 N–H and O–H groups in total. The van der Waals surface area contributed by atoms with Gasteiger partial charge in [0.05, 0.1) is 48.1 Å². The lowest BCUT2D eigenvalue weighted by Crippen LogP contribution is -2.63. The average molecular weight is 586 g/mol. The van der Waals surface area contributed by atoms with Crippen molar-refractivity contribution in [2.75, 3.05) is 48.6 Å². The van der Waals surface area contributed by atoms with Crippen molar-refractivity contribution in [3.05, 3.63) is 77.0 Å². The van der Waals surface area contributed by atoms with E-state index in [4.69, 9.17) is 23.7 Å². The zero-order valence-electron chi connectivity index (χ0n) is 24.9. The number of aromatic nitrogens is 1. The molecule has 1 unspecified atom stereocenters. The molecule has 2 aliphatic heterocycles. The zero-order valence-corrected chi connectivity index (χ0v) is 24.9. The van der Waals surface area contributed by atoms with Gasteiger partial charge in [0, 0.05) is 29.6 Å². The lowest BCUT2D eigenvalue weighted by atomic mass is 9.86. The number of hydrogen-bond donors (Lipinski definition) is 1. The molecule has 3 aromatic carbocycles. The smallest absolute Gasteiger partial charge is 0.246 e. The summed E-state index contributed by atoms with van der Waals surface area (Å²) in [7, 11) is 7.86. The van der Waals surface area contributed by atoms with E-state index in [0.717, 1.165) is 33.3 Å². The highest BCUT2D eigenvalue weighted by molar-refractivity contribution is 5.97. The Morgan fingerprint density at radius 1 is 0.814 bits per heavy atom. The molecule has 1 aromatic heterocycles. The molecule has 6 rings (SSSR count). The van der Waals surface area contributed by atoms with E-state index in [0.29, 0.717) is 48.1 Å². The highest BCUT2D eigenvalue weighted by Gasteiger charge is 2.48. The number of nitrogens with one attached hydrogen (secondary N) is 1. The first-order valence-corrected chi connectivity index (χ1v) is 14.1. The Morgan fingerprint density at radius 2 is 1.51 bits per heavy atom. The Morgan fingerprint density at radius 3 is 2.19 bits per heavy atom. The second-order valence-corrected chi connectivity index (χ2v) is 10.6. The van der Waals surface area contributed by atoms with Gasteiger partial charge in [0.25, 0.3) is 0 Å². The van der Waals surface area contributed by atoms with Gasteiger partial charge in [0.1, 0.15) is 6.04 Å². The number of methoxy groups -OCH3 is 5. The first-order chi connectivity index (χ1) is 20.9. The zero-order chi connectivity index (χ0) is 30.2. The van der Waals surface area contributed by atoms with E-state index in [2.05, 4.69) is 11.1 Å². The number of ether oxygens (including phenoxy) is 5. The molecule has 1 fully saturated rings. The Labute approximate surface area is 250 Å². The van der Waals surface area contributed by atoms with Gasteiger partial charge in [-0.05, 0) is 53.4 Å². The highest BCUT2D eigenvalue weighted by Crippen LogP contribution is 2.47. The van der Waals surface area contributed by atoms with Crippen LogP contribution in [0.5, 0.6) is 28.7 Å². The van der Waals surface area contributed by atoms with Crippen LogP contribution in [0.3, 0.4) is 0 Å². The van der Waals surface area contributed by atoms with Gasteiger partial charge in [-0.2, -0.15) is 0 Å². The highest BCUT2D eigenvalue weighted by atomic mass is 16.5. The maximum Gasteiger partial charge on any atom is 0.246 e. The van der Waals surface area contributed by atoms with E-state index in [1.165, 1.54) is 0 Å². The Bertz CT molecular complexity index is 1670. The second kappa shape index (κ2) is 11.4. The number of carbonyl (C=O) groups excluding carboxylic acids is 2. The third-order valence-electron chi connectivity index (χ3n) is 8.46. The molecule has 2 amide bonds. The summed E-state index contributed by atoms with van der Waals surface area (Å²) in [5, 5.41) is 1.04. The fourth-order valence-corrected chi connectivity index (χ4v) is 6.42. The summed E-state index contributed by atoms with van der Waals surface area (Å²) in [6, 6.07) is 16.2. The van der Waals surface area contributed by atoms with Crippen molar-refractivity contribution < 1.29 is 33.3 Å². The molecule has 10 nitrogen and oxygen atoms in total. The number of hydrogen-bond acceptors (Lipinski definition) is 7. The quantitative estimate of drug-likeness (QED) is 0.315. The van der Waals surface area contributed by atoms with Crippen LogP contribution in [0, 0.1) is 0 Å². The van der Waals surface area contributed by atoms with E-state index in [9.17, 15) is 9.59 Å². The van der Waals surface area contributed by atoms with E-state index >= 15 is 0 Å². The summed E-state index contributed by atoms with van der Waals surface area (Å²) in [5.74, 6) is 2.47. The summed E-state index contributed by atoms with van der Waals surface area (Å²) in [4.78, 5) is 35.1. The van der Waals surface area contributed by atoms with E-state index in [1.807, 2.05) is 48.5 Å². The number of rotatable bonds is 9. The molecule has 0 bridgehead atoms. The topological polar surface area (TPSA) is 103 Å². The normalized spacial score (nSPS) is 17.9. The Kier molecular flexibility index (Phi) is 7.52. The number of amides is 2. The molecule has 0 radical (unpaired) electrons. The number of nitrogens with zero attached hydrogens (tertiary/aromatic N) is 2. The lowest BCUT2D eigenvalue weighted by molar-refractivity contribution is -0.158. The molecule has 3 heterocycles. The van der Waals surface area contributed by atoms with Crippen LogP contribution in [0.15, 0.2) is 54.6 Å². The first-order valence-electron chi connectivity index (χ1n) is 14.1. The third kappa shape index (κ3) is 4.76. The van der Waals surface area contributed by atoms with Gasteiger partial charge in [-0.3, -0.25) is 9.59 Å². The summed E-state index contributed by atoms with van der Waals surface area (Å²) >= 11 is 0. The van der Waals surface area contributed by atoms with Crippen LogP contribution in [0.2, 0.25) is 0 Å². The molecule has 0 saturated carbocycles. The number of piperazine rings is 1. The van der Waals surface area contributed by atoms with Crippen LogP contribution in [0.4, 0.5) is 0 Å². The van der Waals surface area contributed by atoms with Crippen LogP contribution >= 0.6 is 0 Å². The molecular weight excluding hydrogens is 550 g/mol. The Hall–Kier alpha value is -4.86. The number of para-hydroxylation sites is 1. The molecule has 10 heteroatoms. The van der Waals surface area contributed by atoms with Crippen LogP contribution < -0.4 is 23.7 Å². The van der Waals surface area contributed by atoms with Gasteiger partial charge in [-0.25, -0.2) is 0 Å². The van der Waals surface area contributed by atoms with E-state index in [-0.39, 0.29) is 18.4 Å². The lowest BCUT2D eigenvalue weighted by Gasteiger charge is -2.47. The number of H-pyrrole nitrogens is 1. The van der Waals surface area contributed by atoms with Crippen molar-refractivity contribution in [3.8, 4) is 28.7 Å². The summed E-state index contributed by atoms with van der Waals surface area (Å²) < 4.78 is 27.7. The maximum atomic E-state index is 14.1. The molecule has 43 heavy (non-hydrogen) atoms. The fraction of sp³-hybridized carbons (Fsp3) is 0.333. The average Bonchev–Trinajstić information content (AvgIpc) is 3.42. The van der Waals surface area contributed by atoms with Gasteiger partial charge >= 0.3 is 0 Å². The van der Waals surface area contributed by atoms with Crippen LogP contribution in [0.1, 0.15) is 28.4 Å². The summed E-state index contributed by atoms with van der Waals surface area (Å²) in [6.45, 7) is 0.388. The Balaban J connectivity index is 1.39. The minimum Gasteiger partial charge on any atom is -0.493 e. The SMILES string of the molecule is COc1ccc(CCN2CC(=O)N3C(c4cc(OC)c(OC)c(OC)c4)c4[nH]c5ccccc5c4C[C@H]3C2=O)cc1OC. The predicted molar refractivity (Wildman–Crippen MR) is 160 cm³/mol. The molecule has 224 valence electrons. The van der Waals surface area contributed by atoms with Crippen molar-refractivity contribution in [1.82, 2.24) is 14.8 Å². The van der Waals surface area contributed by atoms with E-state index in [1.54, 1.807) is 45.3 Å². The molecule has 0 aliphatic carbocycles. The van der Waals surface area contributed by atoms with Crippen molar-refractivity contribution in [1.29, 1.82) is 0 Å². The molecular formula is C33H35N3O7. The fourth-order valence-electron chi connectivity index (χ4n) is 6.42. The minimum absolute atomic E-state index is 0.0148. The monoisotopic (exact) mass is 585 g/mol. The number of aromatic amines is 1. The van der Waals surface area contributed by atoms with Crippen LogP contribution in [-0.4, -0.2) is 81.3 Å². The molecule has 1 saturated heterocycles. The van der Waals surface area contributed by atoms with Gasteiger partial charge in [-0.1, -0.05) is 24.3 Å². The standard InChI is InChI=1S/C33H35N3O7/c1-39-25-11-10-19(14-26(25)40-2)12-13-35-18-29(37)36-24(33(35)38)17-22-21-8-6-7-9-23(21)34-30(22)31(36)20-15-27(41-3)32(43-5)28(16-20)42-4/h6-11,14-16,24,31,34H,12-13,17-18H2,1-5H3/t24-,31?/m0/s1. The van der Waals surface area contributed by atoms with Gasteiger partial charge in [0.15, 0.2) is 23.0 Å². The van der Waals surface area contributed by atoms with Gasteiger partial charge in [0.2, 0.25) is 17.6 Å². The van der Waals surface area contributed by atoms with Crippen molar-refractivity contribution in [2.45, 2.75) is 24.9 Å². The van der Waals surface area contributed by atoms with Crippen LogP contribution in [0.25, 0.3) is 10.9 Å². The van der Waals surface area contributed by atoms with Crippen molar-refractivity contribution in [2.24, 2.45) is 0 Å². The van der Waals surface area contributed by atoms with E-state index < -0.39 is 12.1 Å². The maximum absolute atomic E-state index is 14.1. The van der Waals surface area contributed by atoms with Crippen molar-refractivity contribution in [3.63, 3.8) is 0 Å². The molecule has 0 spiro atoms. The first kappa shape index (κ1) is 28.3. The second-order valence-electron chi connectivity index (χ2n) is 10.6. The van der Waals surface area contributed by atoms with Crippen LogP contribution in [-0.2, 0) is 22.4 Å². The summed E-state index contributed by atoms with van der Waals surface area (Å²) in [6.07, 6.45) is 0.985. The van der Waals surface area contributed by atoms with Gasteiger partial charge < -0.3 is 38.5 Å². The number of carbonyl (C=O) groups is 2. The summed E-state index contributed by atoms with van der Waals surface area (Å²) in [5.41, 5.74) is 4.60. The number of benzene rings is 3. The molecule has 2 aliphatic rings.